The number of carbonyl (C=O) groups excluding carboxylic acids is 1. The second kappa shape index (κ2) is 8.10. The number of amides is 1. The standard InChI is InChI=1S/C23H24BrF3N2O/c1-14-5-8-17-9-7-16(24)12-29(17)13-18(14)15-6-10-19(23(25,26)27)20(11-15)28-21(30)22(2,3)4/h6-14H,5H2,1-4H3,(H,28,30). The predicted molar refractivity (Wildman–Crippen MR) is 117 cm³/mol. The third-order valence-corrected chi connectivity index (χ3v) is 5.52. The van der Waals surface area contributed by atoms with Gasteiger partial charge in [0.1, 0.15) is 0 Å². The van der Waals surface area contributed by atoms with E-state index in [4.69, 9.17) is 0 Å². The fraction of sp³-hybridized carbons (Fsp3) is 0.348. The van der Waals surface area contributed by atoms with Crippen LogP contribution in [0.1, 0.15) is 45.2 Å². The Balaban J connectivity index is 2.06. The number of hydrogen-bond donors (Lipinski definition) is 1. The molecule has 0 fully saturated rings. The number of benzene rings is 1. The smallest absolute Gasteiger partial charge is 0.325 e. The summed E-state index contributed by atoms with van der Waals surface area (Å²) in [6.45, 7) is 7.03. The van der Waals surface area contributed by atoms with Crippen LogP contribution in [-0.4, -0.2) is 10.8 Å². The van der Waals surface area contributed by atoms with Gasteiger partial charge in [-0.1, -0.05) is 39.8 Å². The lowest BCUT2D eigenvalue weighted by Crippen LogP contribution is -2.28. The van der Waals surface area contributed by atoms with Crippen molar-refractivity contribution in [2.45, 2.75) is 40.3 Å². The lowest BCUT2D eigenvalue weighted by molar-refractivity contribution is -0.137. The van der Waals surface area contributed by atoms with Crippen molar-refractivity contribution in [3.63, 3.8) is 0 Å². The summed E-state index contributed by atoms with van der Waals surface area (Å²) in [5, 5.41) is 2.49. The minimum Gasteiger partial charge on any atom is -0.325 e. The molecule has 3 nitrogen and oxygen atoms in total. The van der Waals surface area contributed by atoms with Crippen LogP contribution in [-0.2, 0) is 11.0 Å². The van der Waals surface area contributed by atoms with Gasteiger partial charge in [-0.15, -0.1) is 0 Å². The van der Waals surface area contributed by atoms with E-state index >= 15 is 0 Å². The van der Waals surface area contributed by atoms with Gasteiger partial charge >= 0.3 is 6.18 Å². The first kappa shape index (κ1) is 22.4. The third-order valence-electron chi connectivity index (χ3n) is 5.05. The molecule has 1 unspecified atom stereocenters. The lowest BCUT2D eigenvalue weighted by atomic mass is 9.90. The van der Waals surface area contributed by atoms with Crippen molar-refractivity contribution in [3.05, 3.63) is 70.1 Å². The van der Waals surface area contributed by atoms with E-state index in [0.29, 0.717) is 5.56 Å². The van der Waals surface area contributed by atoms with Crippen LogP contribution in [0.2, 0.25) is 0 Å². The Hall–Kier alpha value is -2.28. The first-order chi connectivity index (χ1) is 13.9. The highest BCUT2D eigenvalue weighted by molar-refractivity contribution is 9.11. The van der Waals surface area contributed by atoms with Gasteiger partial charge in [-0.25, -0.2) is 0 Å². The zero-order valence-corrected chi connectivity index (χ0v) is 18.9. The van der Waals surface area contributed by atoms with E-state index in [1.807, 2.05) is 36.4 Å². The molecule has 1 N–H and O–H groups in total. The Bertz CT molecular complexity index is 981. The molecule has 0 bridgehead atoms. The van der Waals surface area contributed by atoms with E-state index in [9.17, 15) is 18.0 Å². The van der Waals surface area contributed by atoms with E-state index in [-0.39, 0.29) is 11.6 Å². The van der Waals surface area contributed by atoms with Gasteiger partial charge in [-0.3, -0.25) is 4.79 Å². The highest BCUT2D eigenvalue weighted by atomic mass is 79.9. The molecule has 0 saturated carbocycles. The molecule has 0 saturated heterocycles. The Labute approximate surface area is 183 Å². The molecule has 0 aromatic heterocycles. The average Bonchev–Trinajstić information content (AvgIpc) is 2.79. The zero-order chi connectivity index (χ0) is 22.3. The van der Waals surface area contributed by atoms with Gasteiger partial charge in [0, 0.05) is 28.0 Å². The van der Waals surface area contributed by atoms with Crippen molar-refractivity contribution in [2.24, 2.45) is 11.3 Å². The molecule has 2 aliphatic rings. The molecular weight excluding hydrogens is 457 g/mol. The molecule has 30 heavy (non-hydrogen) atoms. The van der Waals surface area contributed by atoms with Crippen molar-refractivity contribution in [1.82, 2.24) is 4.90 Å². The van der Waals surface area contributed by atoms with Gasteiger partial charge in [0.15, 0.2) is 0 Å². The van der Waals surface area contributed by atoms with Crippen molar-refractivity contribution >= 4 is 33.1 Å². The topological polar surface area (TPSA) is 32.3 Å². The second-order valence-electron chi connectivity index (χ2n) is 8.57. The molecule has 7 heteroatoms. The maximum Gasteiger partial charge on any atom is 0.418 e. The number of rotatable bonds is 2. The minimum absolute atomic E-state index is 0.0894. The number of fused-ring (bicyclic) bond motifs is 1. The van der Waals surface area contributed by atoms with E-state index in [2.05, 4.69) is 27.3 Å². The average molecular weight is 481 g/mol. The van der Waals surface area contributed by atoms with Crippen molar-refractivity contribution < 1.29 is 18.0 Å². The molecule has 1 aromatic carbocycles. The number of nitrogens with zero attached hydrogens (tertiary/aromatic N) is 1. The summed E-state index contributed by atoms with van der Waals surface area (Å²) in [6.07, 6.45) is 6.07. The van der Waals surface area contributed by atoms with E-state index in [1.165, 1.54) is 12.1 Å². The molecule has 2 aliphatic heterocycles. The first-order valence-corrected chi connectivity index (χ1v) is 10.4. The van der Waals surface area contributed by atoms with Crippen LogP contribution < -0.4 is 5.32 Å². The van der Waals surface area contributed by atoms with E-state index in [1.54, 1.807) is 20.8 Å². The van der Waals surface area contributed by atoms with Crippen LogP contribution in [0.4, 0.5) is 18.9 Å². The fourth-order valence-corrected chi connectivity index (χ4v) is 3.58. The van der Waals surface area contributed by atoms with Crippen LogP contribution in [0.25, 0.3) is 5.57 Å². The van der Waals surface area contributed by atoms with Gasteiger partial charge in [0.25, 0.3) is 0 Å². The minimum atomic E-state index is -4.57. The van der Waals surface area contributed by atoms with E-state index in [0.717, 1.165) is 28.2 Å². The molecule has 1 aromatic rings. The summed E-state index contributed by atoms with van der Waals surface area (Å²) in [5.41, 5.74) is 0.660. The second-order valence-corrected chi connectivity index (χ2v) is 9.48. The summed E-state index contributed by atoms with van der Waals surface area (Å²) < 4.78 is 41.6. The summed E-state index contributed by atoms with van der Waals surface area (Å²) >= 11 is 3.46. The van der Waals surface area contributed by atoms with Gasteiger partial charge in [0.05, 0.1) is 11.3 Å². The summed E-state index contributed by atoms with van der Waals surface area (Å²) in [6, 6.07) is 3.95. The highest BCUT2D eigenvalue weighted by Crippen LogP contribution is 2.40. The Morgan fingerprint density at radius 3 is 2.50 bits per heavy atom. The first-order valence-electron chi connectivity index (χ1n) is 9.65. The lowest BCUT2D eigenvalue weighted by Gasteiger charge is -2.23. The number of halogens is 4. The van der Waals surface area contributed by atoms with Crippen molar-refractivity contribution in [1.29, 1.82) is 0 Å². The van der Waals surface area contributed by atoms with Gasteiger partial charge in [-0.05, 0) is 63.7 Å². The maximum atomic E-state index is 13.6. The Morgan fingerprint density at radius 1 is 1.17 bits per heavy atom. The Kier molecular flexibility index (Phi) is 6.05. The molecular formula is C23H24BrF3N2O. The molecule has 0 radical (unpaired) electrons. The Morgan fingerprint density at radius 2 is 1.87 bits per heavy atom. The van der Waals surface area contributed by atoms with Crippen LogP contribution in [0.3, 0.4) is 0 Å². The van der Waals surface area contributed by atoms with Gasteiger partial charge in [-0.2, -0.15) is 13.2 Å². The van der Waals surface area contributed by atoms with Crippen LogP contribution in [0, 0.1) is 11.3 Å². The summed E-state index contributed by atoms with van der Waals surface area (Å²) in [5.74, 6) is -0.378. The molecule has 3 rings (SSSR count). The highest BCUT2D eigenvalue weighted by Gasteiger charge is 2.35. The maximum absolute atomic E-state index is 13.6. The molecule has 2 heterocycles. The zero-order valence-electron chi connectivity index (χ0n) is 17.3. The van der Waals surface area contributed by atoms with Crippen LogP contribution >= 0.6 is 15.9 Å². The van der Waals surface area contributed by atoms with Crippen LogP contribution in [0.5, 0.6) is 0 Å². The normalized spacial score (nSPS) is 19.4. The quantitative estimate of drug-likeness (QED) is 0.491. The molecule has 0 aliphatic carbocycles. The largest absolute Gasteiger partial charge is 0.418 e. The third kappa shape index (κ3) is 4.89. The molecule has 0 spiro atoms. The van der Waals surface area contributed by atoms with Gasteiger partial charge in [0.2, 0.25) is 5.91 Å². The number of anilines is 1. The van der Waals surface area contributed by atoms with E-state index < -0.39 is 23.1 Å². The molecule has 1 amide bonds. The fourth-order valence-electron chi connectivity index (χ4n) is 3.23. The number of alkyl halides is 3. The van der Waals surface area contributed by atoms with Crippen molar-refractivity contribution in [2.75, 3.05) is 5.32 Å². The van der Waals surface area contributed by atoms with Crippen LogP contribution in [0.15, 0.2) is 59.0 Å². The molecule has 160 valence electrons. The number of carbonyl (C=O) groups is 1. The predicted octanol–water partition coefficient (Wildman–Crippen LogP) is 7.06. The summed E-state index contributed by atoms with van der Waals surface area (Å²) in [4.78, 5) is 14.4. The SMILES string of the molecule is CC1CC=C2C=CC(Br)=CN2C=C1c1ccc(C(F)(F)F)c(NC(=O)C(C)(C)C)c1. The monoisotopic (exact) mass is 480 g/mol. The van der Waals surface area contributed by atoms with Crippen molar-refractivity contribution in [3.8, 4) is 0 Å². The molecule has 1 atom stereocenters. The number of allylic oxidation sites excluding steroid dienone is 5. The summed E-state index contributed by atoms with van der Waals surface area (Å²) in [7, 11) is 0. The van der Waals surface area contributed by atoms with Gasteiger partial charge < -0.3 is 10.2 Å². The number of hydrogen-bond acceptors (Lipinski definition) is 2. The number of nitrogens with one attached hydrogen (secondary N) is 1.